The number of rotatable bonds is 4. The van der Waals surface area contributed by atoms with E-state index in [4.69, 9.17) is 17.3 Å². The summed E-state index contributed by atoms with van der Waals surface area (Å²) >= 11 is 9.16. The maximum atomic E-state index is 10.8. The van der Waals surface area contributed by atoms with Gasteiger partial charge in [-0.3, -0.25) is 9.69 Å². The lowest BCUT2D eigenvalue weighted by Crippen LogP contribution is -2.43. The number of piperidine rings is 1. The molecule has 2 heterocycles. The Kier molecular flexibility index (Phi) is 4.95. The Hall–Kier alpha value is -0.920. The number of nitrogens with zero attached hydrogens (tertiary/aromatic N) is 3. The SMILES string of the molecule is NC(=O)CN1CCC(Nc2nc(Cl)ncc2Br)CC1. The largest absolute Gasteiger partial charge is 0.369 e. The van der Waals surface area contributed by atoms with Crippen LogP contribution in [0.15, 0.2) is 10.7 Å². The average molecular weight is 349 g/mol. The van der Waals surface area contributed by atoms with Gasteiger partial charge in [-0.2, -0.15) is 4.98 Å². The number of primary amides is 1. The molecule has 0 atom stereocenters. The standard InChI is InChI=1S/C11H15BrClN5O/c12-8-5-15-11(13)17-10(8)16-7-1-3-18(4-2-7)6-9(14)19/h5,7H,1-4,6H2,(H2,14,19)(H,15,16,17). The molecule has 0 spiro atoms. The summed E-state index contributed by atoms with van der Waals surface area (Å²) in [5, 5.41) is 3.56. The van der Waals surface area contributed by atoms with E-state index in [1.165, 1.54) is 0 Å². The van der Waals surface area contributed by atoms with Crippen LogP contribution < -0.4 is 11.1 Å². The van der Waals surface area contributed by atoms with Crippen molar-refractivity contribution >= 4 is 39.3 Å². The fourth-order valence-electron chi connectivity index (χ4n) is 2.10. The highest BCUT2D eigenvalue weighted by atomic mass is 79.9. The van der Waals surface area contributed by atoms with Gasteiger partial charge in [-0.15, -0.1) is 0 Å². The van der Waals surface area contributed by atoms with Gasteiger partial charge < -0.3 is 11.1 Å². The molecule has 104 valence electrons. The average Bonchev–Trinajstić information content (AvgIpc) is 2.35. The minimum absolute atomic E-state index is 0.219. The van der Waals surface area contributed by atoms with Gasteiger partial charge in [0.15, 0.2) is 0 Å². The first-order valence-electron chi connectivity index (χ1n) is 6.00. The topological polar surface area (TPSA) is 84.1 Å². The van der Waals surface area contributed by atoms with Gasteiger partial charge in [0.2, 0.25) is 11.2 Å². The number of nitrogens with two attached hydrogens (primary N) is 1. The van der Waals surface area contributed by atoms with Crippen molar-refractivity contribution in [1.82, 2.24) is 14.9 Å². The Morgan fingerprint density at radius 3 is 2.89 bits per heavy atom. The Labute approximate surface area is 124 Å². The van der Waals surface area contributed by atoms with Gasteiger partial charge in [0.05, 0.1) is 11.0 Å². The van der Waals surface area contributed by atoms with Crippen LogP contribution in [0.4, 0.5) is 5.82 Å². The molecule has 1 aliphatic rings. The van der Waals surface area contributed by atoms with Gasteiger partial charge in [0.25, 0.3) is 0 Å². The molecule has 1 aromatic rings. The molecule has 3 N–H and O–H groups in total. The Bertz CT molecular complexity index is 464. The summed E-state index contributed by atoms with van der Waals surface area (Å²) in [5.41, 5.74) is 5.18. The molecule has 0 saturated carbocycles. The highest BCUT2D eigenvalue weighted by Crippen LogP contribution is 2.23. The van der Waals surface area contributed by atoms with Crippen LogP contribution >= 0.6 is 27.5 Å². The number of halogens is 2. The summed E-state index contributed by atoms with van der Waals surface area (Å²) in [5.74, 6) is 0.421. The van der Waals surface area contributed by atoms with Crippen molar-refractivity contribution < 1.29 is 4.79 Å². The number of aromatic nitrogens is 2. The molecule has 1 amide bonds. The molecule has 0 radical (unpaired) electrons. The number of likely N-dealkylation sites (tertiary alicyclic amines) is 1. The predicted molar refractivity (Wildman–Crippen MR) is 77.0 cm³/mol. The fraction of sp³-hybridized carbons (Fsp3) is 0.545. The van der Waals surface area contributed by atoms with E-state index in [0.717, 1.165) is 30.4 Å². The molecule has 6 nitrogen and oxygen atoms in total. The molecule has 2 rings (SSSR count). The zero-order valence-corrected chi connectivity index (χ0v) is 12.6. The van der Waals surface area contributed by atoms with Crippen molar-refractivity contribution in [3.8, 4) is 0 Å². The van der Waals surface area contributed by atoms with Crippen LogP contribution in [-0.2, 0) is 4.79 Å². The lowest BCUT2D eigenvalue weighted by atomic mass is 10.1. The van der Waals surface area contributed by atoms with Gasteiger partial charge in [-0.25, -0.2) is 4.98 Å². The minimum Gasteiger partial charge on any atom is -0.369 e. The van der Waals surface area contributed by atoms with Crippen LogP contribution in [-0.4, -0.2) is 46.5 Å². The number of carbonyl (C=O) groups is 1. The second-order valence-electron chi connectivity index (χ2n) is 4.50. The fourth-order valence-corrected chi connectivity index (χ4v) is 2.53. The predicted octanol–water partition coefficient (Wildman–Crippen LogP) is 1.25. The van der Waals surface area contributed by atoms with E-state index < -0.39 is 0 Å². The molecule has 8 heteroatoms. The summed E-state index contributed by atoms with van der Waals surface area (Å²) in [6.07, 6.45) is 3.49. The molecular weight excluding hydrogens is 334 g/mol. The number of amides is 1. The first-order valence-corrected chi connectivity index (χ1v) is 7.17. The smallest absolute Gasteiger partial charge is 0.231 e. The number of nitrogens with one attached hydrogen (secondary N) is 1. The number of hydrogen-bond donors (Lipinski definition) is 2. The molecule has 0 aromatic carbocycles. The number of anilines is 1. The van der Waals surface area contributed by atoms with Crippen molar-refractivity contribution in [2.45, 2.75) is 18.9 Å². The van der Waals surface area contributed by atoms with Crippen molar-refractivity contribution in [3.63, 3.8) is 0 Å². The van der Waals surface area contributed by atoms with Crippen molar-refractivity contribution in [2.24, 2.45) is 5.73 Å². The van der Waals surface area contributed by atoms with Crippen molar-refractivity contribution in [1.29, 1.82) is 0 Å². The van der Waals surface area contributed by atoms with Gasteiger partial charge >= 0.3 is 0 Å². The minimum atomic E-state index is -0.281. The maximum absolute atomic E-state index is 10.8. The quantitative estimate of drug-likeness (QED) is 0.800. The van der Waals surface area contributed by atoms with Crippen molar-refractivity contribution in [2.75, 3.05) is 25.0 Å². The molecule has 0 aliphatic carbocycles. The zero-order chi connectivity index (χ0) is 13.8. The van der Waals surface area contributed by atoms with E-state index in [2.05, 4.69) is 36.1 Å². The van der Waals surface area contributed by atoms with Gasteiger partial charge in [-0.05, 0) is 40.4 Å². The number of carbonyl (C=O) groups excluding carboxylic acids is 1. The monoisotopic (exact) mass is 347 g/mol. The van der Waals surface area contributed by atoms with Gasteiger partial charge in [-0.1, -0.05) is 0 Å². The van der Waals surface area contributed by atoms with E-state index in [1.807, 2.05) is 0 Å². The zero-order valence-electron chi connectivity index (χ0n) is 10.3. The van der Waals surface area contributed by atoms with Crippen LogP contribution in [0.2, 0.25) is 5.28 Å². The lowest BCUT2D eigenvalue weighted by molar-refractivity contribution is -0.119. The Morgan fingerprint density at radius 2 is 2.26 bits per heavy atom. The third kappa shape index (κ3) is 4.29. The van der Waals surface area contributed by atoms with E-state index >= 15 is 0 Å². The molecule has 1 saturated heterocycles. The van der Waals surface area contributed by atoms with Gasteiger partial charge in [0.1, 0.15) is 5.82 Å². The molecule has 19 heavy (non-hydrogen) atoms. The third-order valence-corrected chi connectivity index (χ3v) is 3.78. The van der Waals surface area contributed by atoms with Crippen LogP contribution in [0.1, 0.15) is 12.8 Å². The second-order valence-corrected chi connectivity index (χ2v) is 5.69. The summed E-state index contributed by atoms with van der Waals surface area (Å²) in [4.78, 5) is 20.9. The number of hydrogen-bond acceptors (Lipinski definition) is 5. The van der Waals surface area contributed by atoms with Gasteiger partial charge in [0, 0.05) is 25.3 Å². The first kappa shape index (κ1) is 14.5. The van der Waals surface area contributed by atoms with Crippen LogP contribution in [0.3, 0.4) is 0 Å². The molecule has 1 aliphatic heterocycles. The van der Waals surface area contributed by atoms with Crippen LogP contribution in [0, 0.1) is 0 Å². The normalized spacial score (nSPS) is 17.4. The Balaban J connectivity index is 1.88. The molecular formula is C11H15BrClN5O. The summed E-state index contributed by atoms with van der Waals surface area (Å²) in [7, 11) is 0. The maximum Gasteiger partial charge on any atom is 0.231 e. The summed E-state index contributed by atoms with van der Waals surface area (Å²) in [6.45, 7) is 2.02. The summed E-state index contributed by atoms with van der Waals surface area (Å²) < 4.78 is 0.788. The van der Waals surface area contributed by atoms with Crippen LogP contribution in [0.5, 0.6) is 0 Å². The van der Waals surface area contributed by atoms with E-state index in [-0.39, 0.29) is 11.2 Å². The van der Waals surface area contributed by atoms with E-state index in [0.29, 0.717) is 18.4 Å². The van der Waals surface area contributed by atoms with E-state index in [1.54, 1.807) is 6.20 Å². The summed E-state index contributed by atoms with van der Waals surface area (Å²) in [6, 6.07) is 0.311. The second kappa shape index (κ2) is 6.49. The molecule has 1 aromatic heterocycles. The Morgan fingerprint density at radius 1 is 1.58 bits per heavy atom. The van der Waals surface area contributed by atoms with E-state index in [9.17, 15) is 4.79 Å². The van der Waals surface area contributed by atoms with Crippen LogP contribution in [0.25, 0.3) is 0 Å². The molecule has 0 bridgehead atoms. The third-order valence-electron chi connectivity index (χ3n) is 3.02. The highest BCUT2D eigenvalue weighted by Gasteiger charge is 2.21. The lowest BCUT2D eigenvalue weighted by Gasteiger charge is -2.31. The molecule has 1 fully saturated rings. The highest BCUT2D eigenvalue weighted by molar-refractivity contribution is 9.10. The van der Waals surface area contributed by atoms with Crippen molar-refractivity contribution in [3.05, 3.63) is 16.0 Å². The first-order chi connectivity index (χ1) is 9.04. The molecule has 0 unspecified atom stereocenters.